The Bertz CT molecular complexity index is 774. The zero-order valence-electron chi connectivity index (χ0n) is 15.1. The number of carbonyl (C=O) groups is 2. The third-order valence-corrected chi connectivity index (χ3v) is 4.78. The van der Waals surface area contributed by atoms with Crippen LogP contribution in [0.2, 0.25) is 5.02 Å². The van der Waals surface area contributed by atoms with Gasteiger partial charge in [0.25, 0.3) is 0 Å². The third kappa shape index (κ3) is 5.44. The number of thiazole rings is 1. The number of hydrogen-bond acceptors (Lipinski definition) is 5. The standard InChI is InChI=1S/C18H22ClN3O3S/c1-10(2)9-14(20-18(24)25-4)16(23)22-17-21-15(11(3)26-17)12-5-7-13(19)8-6-12/h5-8,10,14H,9H2,1-4H3,(H,20,24)(H,21,22,23). The van der Waals surface area contributed by atoms with Crippen LogP contribution in [0.15, 0.2) is 24.3 Å². The second-order valence-corrected chi connectivity index (χ2v) is 7.88. The number of rotatable bonds is 6. The van der Waals surface area contributed by atoms with Gasteiger partial charge in [0.15, 0.2) is 5.13 Å². The van der Waals surface area contributed by atoms with E-state index < -0.39 is 12.1 Å². The molecule has 0 aliphatic rings. The summed E-state index contributed by atoms with van der Waals surface area (Å²) in [5.41, 5.74) is 1.72. The number of aromatic nitrogens is 1. The van der Waals surface area contributed by atoms with Gasteiger partial charge in [-0.2, -0.15) is 0 Å². The number of aryl methyl sites for hydroxylation is 1. The molecular weight excluding hydrogens is 374 g/mol. The monoisotopic (exact) mass is 395 g/mol. The quantitative estimate of drug-likeness (QED) is 0.755. The lowest BCUT2D eigenvalue weighted by Crippen LogP contribution is -2.44. The molecule has 1 heterocycles. The summed E-state index contributed by atoms with van der Waals surface area (Å²) in [4.78, 5) is 29.5. The molecule has 0 aliphatic heterocycles. The maximum atomic E-state index is 12.6. The Morgan fingerprint density at radius 1 is 1.27 bits per heavy atom. The normalized spacial score (nSPS) is 11.9. The molecular formula is C18H22ClN3O3S. The number of benzene rings is 1. The fourth-order valence-corrected chi connectivity index (χ4v) is 3.39. The Hall–Kier alpha value is -2.12. The number of hydrogen-bond donors (Lipinski definition) is 2. The van der Waals surface area contributed by atoms with Crippen molar-refractivity contribution in [3.63, 3.8) is 0 Å². The smallest absolute Gasteiger partial charge is 0.407 e. The number of alkyl carbamates (subject to hydrolysis) is 1. The van der Waals surface area contributed by atoms with Crippen molar-refractivity contribution in [1.29, 1.82) is 0 Å². The van der Waals surface area contributed by atoms with Crippen molar-refractivity contribution in [3.05, 3.63) is 34.2 Å². The van der Waals surface area contributed by atoms with Crippen LogP contribution in [0.25, 0.3) is 11.3 Å². The van der Waals surface area contributed by atoms with Gasteiger partial charge in [0, 0.05) is 15.5 Å². The first-order valence-electron chi connectivity index (χ1n) is 8.18. The van der Waals surface area contributed by atoms with Crippen molar-refractivity contribution in [1.82, 2.24) is 10.3 Å². The minimum Gasteiger partial charge on any atom is -0.453 e. The topological polar surface area (TPSA) is 80.3 Å². The third-order valence-electron chi connectivity index (χ3n) is 3.65. The predicted molar refractivity (Wildman–Crippen MR) is 105 cm³/mol. The molecule has 6 nitrogen and oxygen atoms in total. The Labute approximate surface area is 161 Å². The SMILES string of the molecule is COC(=O)NC(CC(C)C)C(=O)Nc1nc(-c2ccc(Cl)cc2)c(C)s1. The first kappa shape index (κ1) is 20.2. The number of nitrogens with zero attached hydrogens (tertiary/aromatic N) is 1. The van der Waals surface area contributed by atoms with E-state index in [2.05, 4.69) is 20.4 Å². The highest BCUT2D eigenvalue weighted by atomic mass is 35.5. The number of methoxy groups -OCH3 is 1. The molecule has 1 aromatic heterocycles. The molecule has 26 heavy (non-hydrogen) atoms. The molecule has 1 aromatic carbocycles. The van der Waals surface area contributed by atoms with Gasteiger partial charge >= 0.3 is 6.09 Å². The number of nitrogens with one attached hydrogen (secondary N) is 2. The Morgan fingerprint density at radius 2 is 1.92 bits per heavy atom. The maximum Gasteiger partial charge on any atom is 0.407 e. The van der Waals surface area contributed by atoms with Crippen LogP contribution in [0.1, 0.15) is 25.1 Å². The molecule has 2 N–H and O–H groups in total. The van der Waals surface area contributed by atoms with Crippen LogP contribution in [0.3, 0.4) is 0 Å². The minimum absolute atomic E-state index is 0.227. The molecule has 0 radical (unpaired) electrons. The van der Waals surface area contributed by atoms with E-state index in [9.17, 15) is 9.59 Å². The van der Waals surface area contributed by atoms with Gasteiger partial charge in [-0.1, -0.05) is 37.6 Å². The summed E-state index contributed by atoms with van der Waals surface area (Å²) < 4.78 is 4.60. The summed E-state index contributed by atoms with van der Waals surface area (Å²) in [7, 11) is 1.27. The number of ether oxygens (including phenoxy) is 1. The molecule has 140 valence electrons. The molecule has 8 heteroatoms. The average molecular weight is 396 g/mol. The van der Waals surface area contributed by atoms with Gasteiger partial charge in [-0.15, -0.1) is 11.3 Å². The van der Waals surface area contributed by atoms with Crippen LogP contribution >= 0.6 is 22.9 Å². The minimum atomic E-state index is -0.689. The fraction of sp³-hybridized carbons (Fsp3) is 0.389. The van der Waals surface area contributed by atoms with Crippen LogP contribution in [0, 0.1) is 12.8 Å². The van der Waals surface area contributed by atoms with E-state index in [1.54, 1.807) is 12.1 Å². The summed E-state index contributed by atoms with van der Waals surface area (Å²) >= 11 is 7.31. The van der Waals surface area contributed by atoms with Gasteiger partial charge in [0.05, 0.1) is 12.8 Å². The highest BCUT2D eigenvalue weighted by molar-refractivity contribution is 7.16. The van der Waals surface area contributed by atoms with Gasteiger partial charge in [0.1, 0.15) is 6.04 Å². The van der Waals surface area contributed by atoms with Crippen molar-refractivity contribution in [2.45, 2.75) is 33.2 Å². The first-order chi connectivity index (χ1) is 12.3. The lowest BCUT2D eigenvalue weighted by Gasteiger charge is -2.18. The van der Waals surface area contributed by atoms with E-state index in [0.29, 0.717) is 16.6 Å². The van der Waals surface area contributed by atoms with E-state index in [-0.39, 0.29) is 11.8 Å². The zero-order valence-corrected chi connectivity index (χ0v) is 16.7. The number of anilines is 1. The predicted octanol–water partition coefficient (Wildman–Crippen LogP) is 4.48. The van der Waals surface area contributed by atoms with Crippen LogP contribution < -0.4 is 10.6 Å². The largest absolute Gasteiger partial charge is 0.453 e. The highest BCUT2D eigenvalue weighted by Gasteiger charge is 2.23. The Balaban J connectivity index is 2.15. The van der Waals surface area contributed by atoms with E-state index >= 15 is 0 Å². The van der Waals surface area contributed by atoms with E-state index in [1.165, 1.54) is 18.4 Å². The Kier molecular flexibility index (Phi) is 6.99. The van der Waals surface area contributed by atoms with Crippen molar-refractivity contribution >= 4 is 40.1 Å². The summed E-state index contributed by atoms with van der Waals surface area (Å²) in [6.07, 6.45) is -0.141. The van der Waals surface area contributed by atoms with Crippen LogP contribution in [-0.2, 0) is 9.53 Å². The van der Waals surface area contributed by atoms with Gasteiger partial charge in [0.2, 0.25) is 5.91 Å². The summed E-state index contributed by atoms with van der Waals surface area (Å²) in [6.45, 7) is 5.90. The van der Waals surface area contributed by atoms with Gasteiger partial charge in [-0.05, 0) is 31.4 Å². The zero-order chi connectivity index (χ0) is 19.3. The molecule has 2 amide bonds. The summed E-state index contributed by atoms with van der Waals surface area (Å²) in [5, 5.41) is 6.50. The van der Waals surface area contributed by atoms with Crippen LogP contribution in [-0.4, -0.2) is 30.1 Å². The second-order valence-electron chi connectivity index (χ2n) is 6.24. The number of amides is 2. The summed E-state index contributed by atoms with van der Waals surface area (Å²) in [5.74, 6) is -0.0916. The lowest BCUT2D eigenvalue weighted by molar-refractivity contribution is -0.118. The van der Waals surface area contributed by atoms with Crippen LogP contribution in [0.4, 0.5) is 9.93 Å². The first-order valence-corrected chi connectivity index (χ1v) is 9.38. The maximum absolute atomic E-state index is 12.6. The number of halogens is 1. The molecule has 0 spiro atoms. The van der Waals surface area contributed by atoms with E-state index in [0.717, 1.165) is 16.1 Å². The van der Waals surface area contributed by atoms with E-state index in [4.69, 9.17) is 11.6 Å². The van der Waals surface area contributed by atoms with Crippen molar-refractivity contribution in [2.75, 3.05) is 12.4 Å². The van der Waals surface area contributed by atoms with Crippen molar-refractivity contribution in [2.24, 2.45) is 5.92 Å². The molecule has 1 atom stereocenters. The van der Waals surface area contributed by atoms with Crippen LogP contribution in [0.5, 0.6) is 0 Å². The van der Waals surface area contributed by atoms with Gasteiger partial charge in [-0.25, -0.2) is 9.78 Å². The molecule has 2 rings (SSSR count). The molecule has 0 aliphatic carbocycles. The van der Waals surface area contributed by atoms with Gasteiger partial charge in [-0.3, -0.25) is 4.79 Å². The molecule has 2 aromatic rings. The molecule has 0 bridgehead atoms. The highest BCUT2D eigenvalue weighted by Crippen LogP contribution is 2.31. The Morgan fingerprint density at radius 3 is 2.50 bits per heavy atom. The molecule has 0 fully saturated rings. The molecule has 1 unspecified atom stereocenters. The fourth-order valence-electron chi connectivity index (χ4n) is 2.42. The van der Waals surface area contributed by atoms with E-state index in [1.807, 2.05) is 32.9 Å². The summed E-state index contributed by atoms with van der Waals surface area (Å²) in [6, 6.07) is 6.68. The van der Waals surface area contributed by atoms with Crippen molar-refractivity contribution in [3.8, 4) is 11.3 Å². The van der Waals surface area contributed by atoms with Gasteiger partial charge < -0.3 is 15.4 Å². The number of carbonyl (C=O) groups excluding carboxylic acids is 2. The second kappa shape index (κ2) is 9.00. The average Bonchev–Trinajstić information content (AvgIpc) is 2.94. The molecule has 0 saturated carbocycles. The lowest BCUT2D eigenvalue weighted by atomic mass is 10.0. The van der Waals surface area contributed by atoms with Crippen molar-refractivity contribution < 1.29 is 14.3 Å². The molecule has 0 saturated heterocycles.